The van der Waals surface area contributed by atoms with E-state index in [-0.39, 0.29) is 11.3 Å². The van der Waals surface area contributed by atoms with Crippen molar-refractivity contribution in [1.82, 2.24) is 15.0 Å². The zero-order chi connectivity index (χ0) is 9.97. The molecule has 1 heterocycles. The summed E-state index contributed by atoms with van der Waals surface area (Å²) in [6.07, 6.45) is 2.83. The normalized spacial score (nSPS) is 10.0. The first-order valence-electron chi connectivity index (χ1n) is 3.98. The molecule has 14 heavy (non-hydrogen) atoms. The van der Waals surface area contributed by atoms with Crippen LogP contribution in [0.15, 0.2) is 36.7 Å². The number of aromatic nitrogens is 3. The van der Waals surface area contributed by atoms with Gasteiger partial charge in [-0.05, 0) is 12.1 Å². The lowest BCUT2D eigenvalue weighted by Crippen LogP contribution is -2.12. The molecule has 5 nitrogen and oxygen atoms in total. The van der Waals surface area contributed by atoms with Gasteiger partial charge in [-0.15, -0.1) is 5.10 Å². The monoisotopic (exact) mass is 189 g/mol. The standard InChI is InChI=1S/C9H7N3O2/c13-8-4-2-1-3-7(8)9(14)12-6-5-10-11-12/h1-6,13H. The van der Waals surface area contributed by atoms with Crippen LogP contribution in [0.2, 0.25) is 0 Å². The molecule has 0 saturated carbocycles. The molecular weight excluding hydrogens is 182 g/mol. The first-order chi connectivity index (χ1) is 6.79. The number of carbonyl (C=O) groups is 1. The van der Waals surface area contributed by atoms with Gasteiger partial charge in [-0.1, -0.05) is 17.3 Å². The van der Waals surface area contributed by atoms with Crippen molar-refractivity contribution in [3.05, 3.63) is 42.2 Å². The summed E-state index contributed by atoms with van der Waals surface area (Å²) >= 11 is 0. The van der Waals surface area contributed by atoms with Crippen LogP contribution in [0.25, 0.3) is 0 Å². The summed E-state index contributed by atoms with van der Waals surface area (Å²) in [6.45, 7) is 0. The van der Waals surface area contributed by atoms with Gasteiger partial charge >= 0.3 is 0 Å². The van der Waals surface area contributed by atoms with Gasteiger partial charge in [0.05, 0.1) is 18.0 Å². The molecule has 0 bridgehead atoms. The predicted molar refractivity (Wildman–Crippen MR) is 47.9 cm³/mol. The highest BCUT2D eigenvalue weighted by Crippen LogP contribution is 2.16. The van der Waals surface area contributed by atoms with Crippen molar-refractivity contribution in [2.75, 3.05) is 0 Å². The summed E-state index contributed by atoms with van der Waals surface area (Å²) in [5, 5.41) is 16.4. The summed E-state index contributed by atoms with van der Waals surface area (Å²) in [5.74, 6) is -0.464. The quantitative estimate of drug-likeness (QED) is 0.716. The minimum Gasteiger partial charge on any atom is -0.507 e. The Hall–Kier alpha value is -2.17. The van der Waals surface area contributed by atoms with E-state index in [2.05, 4.69) is 10.3 Å². The Balaban J connectivity index is 2.42. The molecule has 0 unspecified atom stereocenters. The fourth-order valence-corrected chi connectivity index (χ4v) is 1.09. The van der Waals surface area contributed by atoms with E-state index in [4.69, 9.17) is 0 Å². The number of rotatable bonds is 1. The Labute approximate surface area is 79.6 Å². The van der Waals surface area contributed by atoms with Crippen LogP contribution >= 0.6 is 0 Å². The van der Waals surface area contributed by atoms with Crippen LogP contribution in [-0.2, 0) is 0 Å². The minimum atomic E-state index is -0.402. The smallest absolute Gasteiger partial charge is 0.283 e. The Morgan fingerprint density at radius 1 is 1.36 bits per heavy atom. The number of para-hydroxylation sites is 1. The van der Waals surface area contributed by atoms with Gasteiger partial charge in [-0.25, -0.2) is 0 Å². The molecule has 0 saturated heterocycles. The average molecular weight is 189 g/mol. The lowest BCUT2D eigenvalue weighted by molar-refractivity contribution is 0.0940. The third kappa shape index (κ3) is 1.35. The molecule has 0 aliphatic carbocycles. The van der Waals surface area contributed by atoms with Crippen LogP contribution in [0.1, 0.15) is 10.4 Å². The van der Waals surface area contributed by atoms with Gasteiger partial charge in [0.1, 0.15) is 5.75 Å². The van der Waals surface area contributed by atoms with Gasteiger partial charge in [-0.2, -0.15) is 4.68 Å². The van der Waals surface area contributed by atoms with E-state index in [0.717, 1.165) is 4.68 Å². The number of phenolic OH excluding ortho intramolecular Hbond substituents is 1. The second-order valence-corrected chi connectivity index (χ2v) is 2.67. The van der Waals surface area contributed by atoms with E-state index in [1.807, 2.05) is 0 Å². The fraction of sp³-hybridized carbons (Fsp3) is 0. The maximum atomic E-state index is 11.6. The largest absolute Gasteiger partial charge is 0.507 e. The summed E-state index contributed by atoms with van der Waals surface area (Å²) in [4.78, 5) is 11.6. The zero-order valence-corrected chi connectivity index (χ0v) is 7.16. The Bertz CT molecular complexity index is 451. The van der Waals surface area contributed by atoms with E-state index in [1.54, 1.807) is 12.1 Å². The highest BCUT2D eigenvalue weighted by Gasteiger charge is 2.12. The fourth-order valence-electron chi connectivity index (χ4n) is 1.09. The van der Waals surface area contributed by atoms with E-state index in [0.29, 0.717) is 0 Å². The van der Waals surface area contributed by atoms with Crippen molar-refractivity contribution in [3.8, 4) is 5.75 Å². The molecule has 2 aromatic rings. The molecule has 1 aromatic heterocycles. The Morgan fingerprint density at radius 2 is 2.14 bits per heavy atom. The number of hydrogen-bond acceptors (Lipinski definition) is 4. The van der Waals surface area contributed by atoms with E-state index in [1.165, 1.54) is 24.5 Å². The summed E-state index contributed by atoms with van der Waals surface area (Å²) in [6, 6.07) is 6.29. The number of aromatic hydroxyl groups is 1. The van der Waals surface area contributed by atoms with E-state index >= 15 is 0 Å². The van der Waals surface area contributed by atoms with Gasteiger partial charge in [0.2, 0.25) is 0 Å². The van der Waals surface area contributed by atoms with Gasteiger partial charge in [0.15, 0.2) is 0 Å². The SMILES string of the molecule is O=C(c1ccccc1O)n1ccnn1. The van der Waals surface area contributed by atoms with Crippen molar-refractivity contribution in [2.24, 2.45) is 0 Å². The van der Waals surface area contributed by atoms with Crippen LogP contribution < -0.4 is 0 Å². The number of phenols is 1. The molecule has 0 amide bonds. The van der Waals surface area contributed by atoms with E-state index < -0.39 is 5.91 Å². The molecular formula is C9H7N3O2. The molecule has 0 aliphatic heterocycles. The topological polar surface area (TPSA) is 68.0 Å². The molecule has 0 spiro atoms. The molecule has 70 valence electrons. The Morgan fingerprint density at radius 3 is 2.79 bits per heavy atom. The number of hydrogen-bond donors (Lipinski definition) is 1. The molecule has 0 radical (unpaired) electrons. The molecule has 0 fully saturated rings. The summed E-state index contributed by atoms with van der Waals surface area (Å²) in [5.41, 5.74) is 0.206. The number of benzene rings is 1. The number of carbonyl (C=O) groups excluding carboxylic acids is 1. The molecule has 0 aliphatic rings. The molecule has 1 N–H and O–H groups in total. The first-order valence-corrected chi connectivity index (χ1v) is 3.98. The minimum absolute atomic E-state index is 0.0620. The second kappa shape index (κ2) is 3.29. The second-order valence-electron chi connectivity index (χ2n) is 2.67. The maximum absolute atomic E-state index is 11.6. The Kier molecular flexibility index (Phi) is 1.98. The lowest BCUT2D eigenvalue weighted by atomic mass is 10.2. The lowest BCUT2D eigenvalue weighted by Gasteiger charge is -2.01. The van der Waals surface area contributed by atoms with Crippen LogP contribution in [0.4, 0.5) is 0 Å². The third-order valence-corrected chi connectivity index (χ3v) is 1.77. The average Bonchev–Trinajstić information content (AvgIpc) is 2.70. The van der Waals surface area contributed by atoms with Gasteiger partial charge in [0.25, 0.3) is 5.91 Å². The van der Waals surface area contributed by atoms with Gasteiger partial charge < -0.3 is 5.11 Å². The summed E-state index contributed by atoms with van der Waals surface area (Å²) < 4.78 is 1.06. The van der Waals surface area contributed by atoms with Crippen molar-refractivity contribution in [1.29, 1.82) is 0 Å². The van der Waals surface area contributed by atoms with Crippen LogP contribution in [0, 0.1) is 0 Å². The van der Waals surface area contributed by atoms with Crippen LogP contribution in [0.3, 0.4) is 0 Å². The highest BCUT2D eigenvalue weighted by atomic mass is 16.3. The van der Waals surface area contributed by atoms with Crippen molar-refractivity contribution >= 4 is 5.91 Å². The van der Waals surface area contributed by atoms with E-state index in [9.17, 15) is 9.90 Å². The predicted octanol–water partition coefficient (Wildman–Crippen LogP) is 0.672. The molecule has 2 rings (SSSR count). The maximum Gasteiger partial charge on any atom is 0.283 e. The number of nitrogens with zero attached hydrogens (tertiary/aromatic N) is 3. The van der Waals surface area contributed by atoms with Crippen molar-refractivity contribution in [3.63, 3.8) is 0 Å². The first kappa shape index (κ1) is 8.43. The third-order valence-electron chi connectivity index (χ3n) is 1.77. The highest BCUT2D eigenvalue weighted by molar-refractivity contribution is 5.97. The van der Waals surface area contributed by atoms with Gasteiger partial charge in [0, 0.05) is 0 Å². The molecule has 1 aromatic carbocycles. The zero-order valence-electron chi connectivity index (χ0n) is 7.16. The molecule has 5 heteroatoms. The van der Waals surface area contributed by atoms with Crippen LogP contribution in [0.5, 0.6) is 5.75 Å². The summed E-state index contributed by atoms with van der Waals surface area (Å²) in [7, 11) is 0. The van der Waals surface area contributed by atoms with Crippen molar-refractivity contribution in [2.45, 2.75) is 0 Å². The van der Waals surface area contributed by atoms with Crippen molar-refractivity contribution < 1.29 is 9.90 Å². The van der Waals surface area contributed by atoms with Gasteiger partial charge in [-0.3, -0.25) is 4.79 Å². The van der Waals surface area contributed by atoms with Crippen LogP contribution in [-0.4, -0.2) is 26.0 Å². The molecule has 0 atom stereocenters.